The Kier molecular flexibility index (Phi) is 2.84. The molecule has 1 atom stereocenters. The lowest BCUT2D eigenvalue weighted by Crippen LogP contribution is -2.45. The topological polar surface area (TPSA) is 38.3 Å². The zero-order chi connectivity index (χ0) is 10.1. The lowest BCUT2D eigenvalue weighted by molar-refractivity contribution is 0.149. The van der Waals surface area contributed by atoms with E-state index in [0.29, 0.717) is 5.92 Å². The highest BCUT2D eigenvalue weighted by Gasteiger charge is 2.39. The fraction of sp³-hybridized carbons (Fsp3) is 0.900. The van der Waals surface area contributed by atoms with Crippen LogP contribution in [0.1, 0.15) is 33.6 Å². The van der Waals surface area contributed by atoms with Crippen LogP contribution < -0.4 is 5.32 Å². The summed E-state index contributed by atoms with van der Waals surface area (Å²) in [6.07, 6.45) is 2.14. The summed E-state index contributed by atoms with van der Waals surface area (Å²) < 4.78 is 4.60. The maximum absolute atomic E-state index is 11.1. The van der Waals surface area contributed by atoms with Crippen molar-refractivity contribution in [2.75, 3.05) is 7.11 Å². The summed E-state index contributed by atoms with van der Waals surface area (Å²) in [4.78, 5) is 11.1. The molecular weight excluding hydrogens is 166 g/mol. The molecule has 76 valence electrons. The van der Waals surface area contributed by atoms with Gasteiger partial charge in [-0.15, -0.1) is 0 Å². The second kappa shape index (κ2) is 3.56. The molecule has 0 bridgehead atoms. The summed E-state index contributed by atoms with van der Waals surface area (Å²) in [5.41, 5.74) is 0.120. The van der Waals surface area contributed by atoms with Crippen LogP contribution in [0.15, 0.2) is 0 Å². The molecular formula is C10H19NO2. The molecule has 1 saturated carbocycles. The Labute approximate surface area is 79.8 Å². The summed E-state index contributed by atoms with van der Waals surface area (Å²) in [5, 5.41) is 2.91. The number of alkyl carbamates (subject to hydrolysis) is 1. The minimum absolute atomic E-state index is 0.120. The molecule has 1 rings (SSSR count). The van der Waals surface area contributed by atoms with E-state index < -0.39 is 0 Å². The van der Waals surface area contributed by atoms with Crippen LogP contribution in [0.2, 0.25) is 0 Å². The van der Waals surface area contributed by atoms with Crippen LogP contribution in [0.25, 0.3) is 0 Å². The second-order valence-corrected chi connectivity index (χ2v) is 4.82. The molecule has 1 fully saturated rings. The van der Waals surface area contributed by atoms with Gasteiger partial charge in [-0.1, -0.05) is 20.8 Å². The smallest absolute Gasteiger partial charge is 0.407 e. The van der Waals surface area contributed by atoms with Gasteiger partial charge in [0.1, 0.15) is 0 Å². The predicted octanol–water partition coefficient (Wildman–Crippen LogP) is 2.17. The molecule has 0 spiro atoms. The number of nitrogens with one attached hydrogen (secondary N) is 1. The summed E-state index contributed by atoms with van der Waals surface area (Å²) >= 11 is 0. The third-order valence-corrected chi connectivity index (χ3v) is 2.49. The highest BCUT2D eigenvalue weighted by atomic mass is 16.5. The van der Waals surface area contributed by atoms with Gasteiger partial charge in [-0.25, -0.2) is 4.79 Å². The number of carbonyl (C=O) groups excluding carboxylic acids is 1. The molecule has 0 aromatic heterocycles. The number of carbonyl (C=O) groups is 1. The first-order chi connectivity index (χ1) is 5.95. The van der Waals surface area contributed by atoms with Gasteiger partial charge in [0.15, 0.2) is 0 Å². The fourth-order valence-corrected chi connectivity index (χ4v) is 1.66. The lowest BCUT2D eigenvalue weighted by atomic mass is 9.84. The fourth-order valence-electron chi connectivity index (χ4n) is 1.66. The Morgan fingerprint density at radius 3 is 2.31 bits per heavy atom. The number of amides is 1. The van der Waals surface area contributed by atoms with E-state index in [0.717, 1.165) is 0 Å². The van der Waals surface area contributed by atoms with E-state index in [1.54, 1.807) is 0 Å². The molecule has 3 nitrogen and oxygen atoms in total. The molecule has 1 amide bonds. The monoisotopic (exact) mass is 185 g/mol. The van der Waals surface area contributed by atoms with Crippen LogP contribution in [0.4, 0.5) is 4.79 Å². The van der Waals surface area contributed by atoms with Crippen LogP contribution in [-0.4, -0.2) is 19.2 Å². The molecule has 0 aromatic rings. The summed E-state index contributed by atoms with van der Waals surface area (Å²) in [5.74, 6) is 0.652. The van der Waals surface area contributed by atoms with Crippen LogP contribution >= 0.6 is 0 Å². The van der Waals surface area contributed by atoms with Gasteiger partial charge in [-0.3, -0.25) is 0 Å². The third kappa shape index (κ3) is 2.90. The Balaban J connectivity index is 2.53. The van der Waals surface area contributed by atoms with Crippen molar-refractivity contribution >= 4 is 6.09 Å². The standard InChI is InChI=1S/C10H19NO2/c1-10(2,3)8(7-5-6-7)11-9(12)13-4/h7-8H,5-6H2,1-4H3,(H,11,12). The quantitative estimate of drug-likeness (QED) is 0.716. The van der Waals surface area contributed by atoms with Crippen molar-refractivity contribution in [3.05, 3.63) is 0 Å². The van der Waals surface area contributed by atoms with Gasteiger partial charge >= 0.3 is 6.09 Å². The molecule has 13 heavy (non-hydrogen) atoms. The van der Waals surface area contributed by atoms with Crippen molar-refractivity contribution in [3.63, 3.8) is 0 Å². The molecule has 3 heteroatoms. The van der Waals surface area contributed by atoms with Gasteiger partial charge in [0, 0.05) is 6.04 Å². The first kappa shape index (κ1) is 10.4. The molecule has 1 aliphatic carbocycles. The van der Waals surface area contributed by atoms with Gasteiger partial charge in [0.25, 0.3) is 0 Å². The molecule has 0 radical (unpaired) electrons. The van der Waals surface area contributed by atoms with E-state index in [-0.39, 0.29) is 17.6 Å². The molecule has 0 aromatic carbocycles. The van der Waals surface area contributed by atoms with Gasteiger partial charge in [0.2, 0.25) is 0 Å². The van der Waals surface area contributed by atoms with Crippen molar-refractivity contribution in [2.24, 2.45) is 11.3 Å². The normalized spacial score (nSPS) is 19.4. The Bertz CT molecular complexity index is 192. The van der Waals surface area contributed by atoms with E-state index in [9.17, 15) is 4.79 Å². The maximum Gasteiger partial charge on any atom is 0.407 e. The zero-order valence-corrected chi connectivity index (χ0v) is 8.89. The second-order valence-electron chi connectivity index (χ2n) is 4.82. The largest absolute Gasteiger partial charge is 0.453 e. The predicted molar refractivity (Wildman–Crippen MR) is 51.5 cm³/mol. The zero-order valence-electron chi connectivity index (χ0n) is 8.89. The van der Waals surface area contributed by atoms with E-state index in [1.807, 2.05) is 0 Å². The Hall–Kier alpha value is -0.730. The van der Waals surface area contributed by atoms with Crippen molar-refractivity contribution in [1.82, 2.24) is 5.32 Å². The number of hydrogen-bond acceptors (Lipinski definition) is 2. The highest BCUT2D eigenvalue weighted by molar-refractivity contribution is 5.67. The third-order valence-electron chi connectivity index (χ3n) is 2.49. The van der Waals surface area contributed by atoms with Crippen LogP contribution in [0, 0.1) is 11.3 Å². The molecule has 0 saturated heterocycles. The molecule has 0 aliphatic heterocycles. The first-order valence-electron chi connectivity index (χ1n) is 4.79. The van der Waals surface area contributed by atoms with Crippen molar-refractivity contribution in [3.8, 4) is 0 Å². The van der Waals surface area contributed by atoms with Gasteiger partial charge in [-0.2, -0.15) is 0 Å². The molecule has 0 heterocycles. The van der Waals surface area contributed by atoms with Gasteiger partial charge < -0.3 is 10.1 Å². The van der Waals surface area contributed by atoms with Crippen LogP contribution in [-0.2, 0) is 4.74 Å². The van der Waals surface area contributed by atoms with E-state index in [2.05, 4.69) is 30.8 Å². The summed E-state index contributed by atoms with van der Waals surface area (Å²) in [6.45, 7) is 6.43. The van der Waals surface area contributed by atoms with Crippen LogP contribution in [0.3, 0.4) is 0 Å². The van der Waals surface area contributed by atoms with Crippen molar-refractivity contribution < 1.29 is 9.53 Å². The number of methoxy groups -OCH3 is 1. The minimum atomic E-state index is -0.313. The van der Waals surface area contributed by atoms with Gasteiger partial charge in [0.05, 0.1) is 7.11 Å². The van der Waals surface area contributed by atoms with Crippen molar-refractivity contribution in [1.29, 1.82) is 0 Å². The number of rotatable bonds is 2. The average molecular weight is 185 g/mol. The number of hydrogen-bond donors (Lipinski definition) is 1. The maximum atomic E-state index is 11.1. The molecule has 1 aliphatic rings. The first-order valence-corrected chi connectivity index (χ1v) is 4.79. The van der Waals surface area contributed by atoms with Gasteiger partial charge in [-0.05, 0) is 24.2 Å². The van der Waals surface area contributed by atoms with E-state index in [4.69, 9.17) is 0 Å². The van der Waals surface area contributed by atoms with E-state index >= 15 is 0 Å². The van der Waals surface area contributed by atoms with Crippen molar-refractivity contribution in [2.45, 2.75) is 39.7 Å². The molecule has 1 N–H and O–H groups in total. The Morgan fingerprint density at radius 1 is 1.46 bits per heavy atom. The highest BCUT2D eigenvalue weighted by Crippen LogP contribution is 2.40. The minimum Gasteiger partial charge on any atom is -0.453 e. The van der Waals surface area contributed by atoms with E-state index in [1.165, 1.54) is 20.0 Å². The molecule has 1 unspecified atom stereocenters. The van der Waals surface area contributed by atoms with Crippen LogP contribution in [0.5, 0.6) is 0 Å². The SMILES string of the molecule is COC(=O)NC(C1CC1)C(C)(C)C. The average Bonchev–Trinajstić information content (AvgIpc) is 2.80. The Morgan fingerprint density at radius 2 is 2.00 bits per heavy atom. The number of ether oxygens (including phenoxy) is 1. The summed E-state index contributed by atoms with van der Waals surface area (Å²) in [7, 11) is 1.40. The lowest BCUT2D eigenvalue weighted by Gasteiger charge is -2.31. The summed E-state index contributed by atoms with van der Waals surface area (Å²) in [6, 6.07) is 0.250.